The van der Waals surface area contributed by atoms with Crippen molar-refractivity contribution in [1.29, 1.82) is 0 Å². The fourth-order valence-corrected chi connectivity index (χ4v) is 8.49. The van der Waals surface area contributed by atoms with E-state index in [1.807, 2.05) is 27.7 Å². The summed E-state index contributed by atoms with van der Waals surface area (Å²) >= 11 is 0. The molecule has 2 unspecified atom stereocenters. The molecule has 9 amide bonds. The van der Waals surface area contributed by atoms with Gasteiger partial charge in [-0.25, -0.2) is 0 Å². The maximum Gasteiger partial charge on any atom is 0.243 e. The molecule has 10 atom stereocenters. The monoisotopic (exact) mass is 1060 g/mol. The zero-order valence-electron chi connectivity index (χ0n) is 45.2. The maximum atomic E-state index is 14.4. The van der Waals surface area contributed by atoms with Crippen molar-refractivity contribution in [2.45, 2.75) is 186 Å². The lowest BCUT2D eigenvalue weighted by Gasteiger charge is -2.28. The number of aliphatic hydroxyl groups is 1. The van der Waals surface area contributed by atoms with Gasteiger partial charge in [-0.05, 0) is 101 Å². The number of nitrogens with one attached hydrogen (secondary N) is 9. The first kappa shape index (κ1) is 65.4. The summed E-state index contributed by atoms with van der Waals surface area (Å²) in [6.07, 6.45) is 2.44. The number of carbonyl (C=O) groups excluding carboxylic acids is 9. The standard InChI is InChI=1S/C52H91N13O10/c1-7-33(6)13-11-12-16-35(66)30-44(67)58-36(17-22-53)46(69)62-40-21-26-57-45(68)41(27-31(2)3)63-48(71)38(19-24-55)59-47(70)37(18-23-54)61-51(74)42(28-32(4)5)64-52(75)43(29-34-14-9-8-10-15-34)65-49(72)39(20-25-56)60-50(40)73/h8-10,14-15,31-33,35-43,66H,7,11-13,16-30,53-56H2,1-6H3,(H,57,68)(H,58,67)(H,59,70)(H,60,73)(H,61,74)(H,62,69)(H,63,71)(H,64,75)(H,65,72)/t33?,35?,36-,37-,38-,39-,40-,41-,42-,43+/m0/s1. The van der Waals surface area contributed by atoms with Crippen LogP contribution in [0.1, 0.15) is 131 Å². The molecule has 2 rings (SSSR count). The van der Waals surface area contributed by atoms with Gasteiger partial charge in [-0.1, -0.05) is 97.6 Å². The Bertz CT molecular complexity index is 1960. The van der Waals surface area contributed by atoms with Gasteiger partial charge in [0, 0.05) is 13.0 Å². The predicted molar refractivity (Wildman–Crippen MR) is 285 cm³/mol. The van der Waals surface area contributed by atoms with Crippen LogP contribution < -0.4 is 70.8 Å². The largest absolute Gasteiger partial charge is 0.393 e. The molecular formula is C52H91N13O10. The van der Waals surface area contributed by atoms with Crippen molar-refractivity contribution in [2.24, 2.45) is 40.7 Å². The van der Waals surface area contributed by atoms with Crippen molar-refractivity contribution >= 4 is 53.2 Å². The van der Waals surface area contributed by atoms with Crippen molar-refractivity contribution in [1.82, 2.24) is 47.9 Å². The van der Waals surface area contributed by atoms with Gasteiger partial charge < -0.3 is 75.9 Å². The first-order chi connectivity index (χ1) is 35.7. The van der Waals surface area contributed by atoms with E-state index in [1.165, 1.54) is 0 Å². The number of benzene rings is 1. The van der Waals surface area contributed by atoms with Crippen LogP contribution >= 0.6 is 0 Å². The van der Waals surface area contributed by atoms with E-state index in [-0.39, 0.29) is 102 Å². The third-order valence-corrected chi connectivity index (χ3v) is 12.9. The molecule has 0 aromatic heterocycles. The number of hydrogen-bond donors (Lipinski definition) is 14. The Balaban J connectivity index is 2.67. The lowest BCUT2D eigenvalue weighted by molar-refractivity contribution is -0.136. The van der Waals surface area contributed by atoms with Crippen molar-refractivity contribution in [3.05, 3.63) is 35.9 Å². The zero-order chi connectivity index (χ0) is 56.0. The van der Waals surface area contributed by atoms with Crippen LogP contribution in [0.3, 0.4) is 0 Å². The highest BCUT2D eigenvalue weighted by Gasteiger charge is 2.35. The average molecular weight is 1060 g/mol. The molecule has 0 saturated carbocycles. The van der Waals surface area contributed by atoms with Gasteiger partial charge in [0.15, 0.2) is 0 Å². The van der Waals surface area contributed by atoms with Crippen LogP contribution in [0.25, 0.3) is 0 Å². The van der Waals surface area contributed by atoms with Gasteiger partial charge in [-0.3, -0.25) is 43.2 Å². The van der Waals surface area contributed by atoms with Gasteiger partial charge in [0.2, 0.25) is 53.2 Å². The number of unbranched alkanes of at least 4 members (excludes halogenated alkanes) is 1. The molecule has 1 aromatic rings. The summed E-state index contributed by atoms with van der Waals surface area (Å²) in [4.78, 5) is 126. The van der Waals surface area contributed by atoms with Gasteiger partial charge in [-0.2, -0.15) is 0 Å². The first-order valence-corrected chi connectivity index (χ1v) is 26.9. The van der Waals surface area contributed by atoms with Gasteiger partial charge in [0.05, 0.1) is 12.5 Å². The summed E-state index contributed by atoms with van der Waals surface area (Å²) in [5.41, 5.74) is 24.3. The number of nitrogens with two attached hydrogens (primary N) is 4. The summed E-state index contributed by atoms with van der Waals surface area (Å²) in [5.74, 6) is -6.53. The number of hydrogen-bond acceptors (Lipinski definition) is 14. The Hall–Kier alpha value is -5.75. The third-order valence-electron chi connectivity index (χ3n) is 12.9. The molecule has 1 fully saturated rings. The number of rotatable bonds is 25. The summed E-state index contributed by atoms with van der Waals surface area (Å²) in [6, 6.07) is -1.59. The van der Waals surface area contributed by atoms with E-state index in [0.717, 1.165) is 19.3 Å². The Morgan fingerprint density at radius 1 is 0.600 bits per heavy atom. The van der Waals surface area contributed by atoms with Gasteiger partial charge in [0.1, 0.15) is 48.3 Å². The van der Waals surface area contributed by atoms with Gasteiger partial charge in [-0.15, -0.1) is 0 Å². The normalized spacial score (nSPS) is 23.3. The summed E-state index contributed by atoms with van der Waals surface area (Å²) in [5, 5.41) is 34.8. The van der Waals surface area contributed by atoms with Crippen LogP contribution in [0, 0.1) is 17.8 Å². The fourth-order valence-electron chi connectivity index (χ4n) is 8.49. The smallest absolute Gasteiger partial charge is 0.243 e. The van der Waals surface area contributed by atoms with Crippen molar-refractivity contribution in [3.63, 3.8) is 0 Å². The number of carbonyl (C=O) groups is 9. The lowest BCUT2D eigenvalue weighted by atomic mass is 9.99. The van der Waals surface area contributed by atoms with E-state index in [0.29, 0.717) is 24.3 Å². The SMILES string of the molecule is CCC(C)CCCCC(O)CC(=O)N[C@@H](CCN)C(=O)N[C@H]1CCNC(=O)[C@H](CC(C)C)NC(=O)[C@H](CCN)NC(=O)[C@H](CCN)NC(=O)[C@H](CC(C)C)NC(=O)[C@@H](Cc2ccccc2)NC(=O)[C@H](CCN)NC1=O. The molecule has 0 aliphatic carbocycles. The molecule has 23 heteroatoms. The average Bonchev–Trinajstić information content (AvgIpc) is 3.35. The predicted octanol–water partition coefficient (Wildman–Crippen LogP) is -1.53. The molecule has 1 aliphatic heterocycles. The van der Waals surface area contributed by atoms with Crippen LogP contribution in [-0.2, 0) is 49.6 Å². The summed E-state index contributed by atoms with van der Waals surface area (Å²) in [6.45, 7) is 11.1. The minimum Gasteiger partial charge on any atom is -0.393 e. The van der Waals surface area contributed by atoms with Crippen LogP contribution in [0.5, 0.6) is 0 Å². The van der Waals surface area contributed by atoms with Crippen molar-refractivity contribution in [3.8, 4) is 0 Å². The van der Waals surface area contributed by atoms with E-state index in [2.05, 4.69) is 61.7 Å². The minimum atomic E-state index is -1.47. The van der Waals surface area contributed by atoms with E-state index >= 15 is 0 Å². The van der Waals surface area contributed by atoms with Crippen LogP contribution in [0.4, 0.5) is 0 Å². The number of amides is 9. The van der Waals surface area contributed by atoms with E-state index < -0.39 is 108 Å². The zero-order valence-corrected chi connectivity index (χ0v) is 45.2. The molecule has 18 N–H and O–H groups in total. The second-order valence-electron chi connectivity index (χ2n) is 20.5. The molecular weight excluding hydrogens is 967 g/mol. The van der Waals surface area contributed by atoms with Gasteiger partial charge in [0.25, 0.3) is 0 Å². The minimum absolute atomic E-state index is 0.0458. The van der Waals surface area contributed by atoms with Crippen LogP contribution in [-0.4, -0.2) is 145 Å². The highest BCUT2D eigenvalue weighted by Crippen LogP contribution is 2.15. The lowest BCUT2D eigenvalue weighted by Crippen LogP contribution is -2.61. The Kier molecular flexibility index (Phi) is 30.9. The topological polar surface area (TPSA) is 386 Å². The first-order valence-electron chi connectivity index (χ1n) is 26.9. The highest BCUT2D eigenvalue weighted by molar-refractivity contribution is 5.98. The van der Waals surface area contributed by atoms with Crippen LogP contribution in [0.15, 0.2) is 30.3 Å². The molecule has 1 aromatic carbocycles. The Morgan fingerprint density at radius 3 is 1.55 bits per heavy atom. The summed E-state index contributed by atoms with van der Waals surface area (Å²) in [7, 11) is 0. The number of aliphatic hydroxyl groups excluding tert-OH is 1. The van der Waals surface area contributed by atoms with E-state index in [1.54, 1.807) is 30.3 Å². The molecule has 1 heterocycles. The Labute approximate surface area is 443 Å². The van der Waals surface area contributed by atoms with E-state index in [9.17, 15) is 48.3 Å². The van der Waals surface area contributed by atoms with Crippen LogP contribution in [0.2, 0.25) is 0 Å². The summed E-state index contributed by atoms with van der Waals surface area (Å²) < 4.78 is 0. The second-order valence-corrected chi connectivity index (χ2v) is 20.5. The van der Waals surface area contributed by atoms with Gasteiger partial charge >= 0.3 is 0 Å². The molecule has 424 valence electrons. The molecule has 23 nitrogen and oxygen atoms in total. The molecule has 1 aliphatic rings. The Morgan fingerprint density at radius 2 is 1.05 bits per heavy atom. The fraction of sp³-hybridized carbons (Fsp3) is 0.712. The van der Waals surface area contributed by atoms with Crippen molar-refractivity contribution in [2.75, 3.05) is 32.7 Å². The quantitative estimate of drug-likeness (QED) is 0.0495. The molecule has 0 radical (unpaired) electrons. The molecule has 75 heavy (non-hydrogen) atoms. The molecule has 1 saturated heterocycles. The van der Waals surface area contributed by atoms with E-state index in [4.69, 9.17) is 22.9 Å². The molecule has 0 bridgehead atoms. The van der Waals surface area contributed by atoms with Crippen molar-refractivity contribution < 1.29 is 48.3 Å². The highest BCUT2D eigenvalue weighted by atomic mass is 16.3. The third kappa shape index (κ3) is 25.1. The maximum absolute atomic E-state index is 14.4. The molecule has 0 spiro atoms. The second kappa shape index (κ2) is 35.5.